The fourth-order valence-electron chi connectivity index (χ4n) is 1.23. The lowest BCUT2D eigenvalue weighted by Crippen LogP contribution is -2.03. The summed E-state index contributed by atoms with van der Waals surface area (Å²) in [5.74, 6) is 1.37. The molecule has 0 spiro atoms. The Labute approximate surface area is 97.8 Å². The number of rotatable bonds is 8. The third-order valence-corrected chi connectivity index (χ3v) is 2.23. The summed E-state index contributed by atoms with van der Waals surface area (Å²) in [5, 5.41) is 0. The van der Waals surface area contributed by atoms with E-state index in [2.05, 4.69) is 18.8 Å². The molecule has 0 fully saturated rings. The predicted octanol–water partition coefficient (Wildman–Crippen LogP) is 3.44. The van der Waals surface area contributed by atoms with Crippen molar-refractivity contribution in [3.8, 4) is 11.6 Å². The second kappa shape index (κ2) is 7.97. The molecular weight excluding hydrogens is 202 g/mol. The standard InChI is InChI=1S/C13H21NO2/c1-3-5-10-15-12-8-7-9-14-13(12)16-11-6-4-2/h7-9H,3-6,10-11H2,1-2H3. The van der Waals surface area contributed by atoms with Gasteiger partial charge in [-0.3, -0.25) is 0 Å². The summed E-state index contributed by atoms with van der Waals surface area (Å²) in [7, 11) is 0. The Morgan fingerprint density at radius 2 is 1.75 bits per heavy atom. The van der Waals surface area contributed by atoms with Crippen molar-refractivity contribution in [2.24, 2.45) is 0 Å². The number of hydrogen-bond acceptors (Lipinski definition) is 3. The number of pyridine rings is 1. The molecule has 0 saturated heterocycles. The molecule has 0 radical (unpaired) electrons. The molecule has 1 heterocycles. The Morgan fingerprint density at radius 1 is 1.06 bits per heavy atom. The van der Waals surface area contributed by atoms with Crippen LogP contribution in [0.4, 0.5) is 0 Å². The van der Waals surface area contributed by atoms with Gasteiger partial charge in [0.2, 0.25) is 0 Å². The maximum atomic E-state index is 5.62. The molecule has 90 valence electrons. The van der Waals surface area contributed by atoms with Gasteiger partial charge >= 0.3 is 0 Å². The fourth-order valence-corrected chi connectivity index (χ4v) is 1.23. The first-order valence-electron chi connectivity index (χ1n) is 6.09. The molecule has 1 rings (SSSR count). The second-order valence-corrected chi connectivity index (χ2v) is 3.71. The van der Waals surface area contributed by atoms with Crippen LogP contribution in [0.1, 0.15) is 39.5 Å². The summed E-state index contributed by atoms with van der Waals surface area (Å²) >= 11 is 0. The van der Waals surface area contributed by atoms with Crippen LogP contribution in [0.5, 0.6) is 11.6 Å². The van der Waals surface area contributed by atoms with Gasteiger partial charge in [0.1, 0.15) is 0 Å². The van der Waals surface area contributed by atoms with Crippen molar-refractivity contribution in [1.82, 2.24) is 4.98 Å². The van der Waals surface area contributed by atoms with Crippen molar-refractivity contribution in [3.63, 3.8) is 0 Å². The van der Waals surface area contributed by atoms with Gasteiger partial charge in [-0.1, -0.05) is 26.7 Å². The lowest BCUT2D eigenvalue weighted by molar-refractivity contribution is 0.253. The van der Waals surface area contributed by atoms with Crippen molar-refractivity contribution in [2.45, 2.75) is 39.5 Å². The lowest BCUT2D eigenvalue weighted by Gasteiger charge is -2.10. The maximum absolute atomic E-state index is 5.62. The number of hydrogen-bond donors (Lipinski definition) is 0. The van der Waals surface area contributed by atoms with Gasteiger partial charge in [0.25, 0.3) is 5.88 Å². The second-order valence-electron chi connectivity index (χ2n) is 3.71. The predicted molar refractivity (Wildman–Crippen MR) is 65.0 cm³/mol. The minimum absolute atomic E-state index is 0.618. The molecule has 3 nitrogen and oxygen atoms in total. The first kappa shape index (κ1) is 12.8. The van der Waals surface area contributed by atoms with Gasteiger partial charge in [0, 0.05) is 6.20 Å². The van der Waals surface area contributed by atoms with Crippen LogP contribution < -0.4 is 9.47 Å². The highest BCUT2D eigenvalue weighted by atomic mass is 16.5. The molecule has 1 aromatic rings. The van der Waals surface area contributed by atoms with Gasteiger partial charge in [-0.2, -0.15) is 0 Å². The van der Waals surface area contributed by atoms with Crippen LogP contribution in [-0.2, 0) is 0 Å². The quantitative estimate of drug-likeness (QED) is 0.633. The molecule has 0 aliphatic carbocycles. The number of unbranched alkanes of at least 4 members (excludes halogenated alkanes) is 2. The van der Waals surface area contributed by atoms with Crippen molar-refractivity contribution in [3.05, 3.63) is 18.3 Å². The molecule has 1 aromatic heterocycles. The average molecular weight is 223 g/mol. The highest BCUT2D eigenvalue weighted by molar-refractivity contribution is 5.32. The van der Waals surface area contributed by atoms with E-state index >= 15 is 0 Å². The monoisotopic (exact) mass is 223 g/mol. The molecule has 0 bridgehead atoms. The molecule has 3 heteroatoms. The Morgan fingerprint density at radius 3 is 2.44 bits per heavy atom. The summed E-state index contributed by atoms with van der Waals surface area (Å²) in [6.07, 6.45) is 6.09. The first-order chi connectivity index (χ1) is 7.88. The summed E-state index contributed by atoms with van der Waals surface area (Å²) in [6, 6.07) is 3.78. The minimum atomic E-state index is 0.618. The Kier molecular flexibility index (Phi) is 6.38. The number of ether oxygens (including phenoxy) is 2. The van der Waals surface area contributed by atoms with Crippen LogP contribution >= 0.6 is 0 Å². The number of nitrogens with zero attached hydrogens (tertiary/aromatic N) is 1. The Hall–Kier alpha value is -1.25. The van der Waals surface area contributed by atoms with Gasteiger partial charge in [0.15, 0.2) is 5.75 Å². The molecule has 0 amide bonds. The average Bonchev–Trinajstić information content (AvgIpc) is 2.32. The van der Waals surface area contributed by atoms with Crippen LogP contribution in [0.15, 0.2) is 18.3 Å². The highest BCUT2D eigenvalue weighted by Crippen LogP contribution is 2.23. The molecule has 0 atom stereocenters. The SMILES string of the molecule is CCCCOc1cccnc1OCCCC. The summed E-state index contributed by atoms with van der Waals surface area (Å²) in [5.41, 5.74) is 0. The molecule has 0 aromatic carbocycles. The van der Waals surface area contributed by atoms with E-state index in [1.165, 1.54) is 0 Å². The molecule has 0 aliphatic rings. The van der Waals surface area contributed by atoms with Crippen LogP contribution in [0.3, 0.4) is 0 Å². The molecule has 0 unspecified atom stereocenters. The fraction of sp³-hybridized carbons (Fsp3) is 0.615. The Bertz CT molecular complexity index is 260. The van der Waals surface area contributed by atoms with E-state index in [0.29, 0.717) is 12.5 Å². The largest absolute Gasteiger partial charge is 0.488 e. The number of aromatic nitrogens is 1. The zero-order valence-corrected chi connectivity index (χ0v) is 10.2. The third kappa shape index (κ3) is 4.51. The first-order valence-corrected chi connectivity index (χ1v) is 6.09. The van der Waals surface area contributed by atoms with Gasteiger partial charge in [-0.25, -0.2) is 4.98 Å². The van der Waals surface area contributed by atoms with Gasteiger partial charge in [-0.15, -0.1) is 0 Å². The lowest BCUT2D eigenvalue weighted by atomic mass is 10.3. The van der Waals surface area contributed by atoms with Crippen molar-refractivity contribution < 1.29 is 9.47 Å². The topological polar surface area (TPSA) is 31.4 Å². The molecule has 0 aliphatic heterocycles. The van der Waals surface area contributed by atoms with Crippen LogP contribution in [0.25, 0.3) is 0 Å². The normalized spacial score (nSPS) is 10.1. The van der Waals surface area contributed by atoms with Crippen molar-refractivity contribution in [1.29, 1.82) is 0 Å². The summed E-state index contributed by atoms with van der Waals surface area (Å²) < 4.78 is 11.2. The molecular formula is C13H21NO2. The van der Waals surface area contributed by atoms with Crippen LogP contribution in [-0.4, -0.2) is 18.2 Å². The van der Waals surface area contributed by atoms with Crippen LogP contribution in [0.2, 0.25) is 0 Å². The van der Waals surface area contributed by atoms with E-state index in [9.17, 15) is 0 Å². The molecule has 0 N–H and O–H groups in total. The molecule has 16 heavy (non-hydrogen) atoms. The third-order valence-electron chi connectivity index (χ3n) is 2.23. The van der Waals surface area contributed by atoms with E-state index in [1.54, 1.807) is 6.20 Å². The Balaban J connectivity index is 2.46. The smallest absolute Gasteiger partial charge is 0.256 e. The molecule has 0 saturated carbocycles. The highest BCUT2D eigenvalue weighted by Gasteiger charge is 2.04. The van der Waals surface area contributed by atoms with Gasteiger partial charge in [-0.05, 0) is 25.0 Å². The van der Waals surface area contributed by atoms with Gasteiger partial charge < -0.3 is 9.47 Å². The summed E-state index contributed by atoms with van der Waals surface area (Å²) in [4.78, 5) is 4.18. The summed E-state index contributed by atoms with van der Waals surface area (Å²) in [6.45, 7) is 5.72. The van der Waals surface area contributed by atoms with E-state index in [-0.39, 0.29) is 0 Å². The zero-order chi connectivity index (χ0) is 11.6. The van der Waals surface area contributed by atoms with Crippen molar-refractivity contribution >= 4 is 0 Å². The van der Waals surface area contributed by atoms with Crippen LogP contribution in [0, 0.1) is 0 Å². The van der Waals surface area contributed by atoms with Gasteiger partial charge in [0.05, 0.1) is 13.2 Å². The van der Waals surface area contributed by atoms with E-state index in [0.717, 1.165) is 38.0 Å². The van der Waals surface area contributed by atoms with E-state index in [1.807, 2.05) is 12.1 Å². The van der Waals surface area contributed by atoms with Crippen molar-refractivity contribution in [2.75, 3.05) is 13.2 Å². The van der Waals surface area contributed by atoms with E-state index in [4.69, 9.17) is 9.47 Å². The minimum Gasteiger partial charge on any atom is -0.488 e. The maximum Gasteiger partial charge on any atom is 0.256 e. The van der Waals surface area contributed by atoms with E-state index < -0.39 is 0 Å². The zero-order valence-electron chi connectivity index (χ0n) is 10.2.